The van der Waals surface area contributed by atoms with Crippen LogP contribution in [0.25, 0.3) is 0 Å². The second kappa shape index (κ2) is 4.41. The third-order valence-corrected chi connectivity index (χ3v) is 3.65. The highest BCUT2D eigenvalue weighted by molar-refractivity contribution is 7.99. The lowest BCUT2D eigenvalue weighted by Gasteiger charge is -2.04. The molecule has 0 aliphatic heterocycles. The first kappa shape index (κ1) is 11.2. The fourth-order valence-corrected chi connectivity index (χ4v) is 2.50. The Hall–Kier alpha value is -1.89. The molecule has 2 heterocycles. The average molecular weight is 262 g/mol. The van der Waals surface area contributed by atoms with E-state index in [9.17, 15) is 10.1 Å². The number of pyridine rings is 1. The highest BCUT2D eigenvalue weighted by atomic mass is 32.2. The smallest absolute Gasteiger partial charge is 0.287 e. The molecule has 0 aromatic carbocycles. The Labute approximate surface area is 107 Å². The van der Waals surface area contributed by atoms with Crippen LogP contribution < -0.4 is 0 Å². The van der Waals surface area contributed by atoms with Crippen molar-refractivity contribution >= 4 is 17.4 Å². The molecule has 1 fully saturated rings. The van der Waals surface area contributed by atoms with E-state index in [-0.39, 0.29) is 5.69 Å². The Morgan fingerprint density at radius 1 is 1.39 bits per heavy atom. The van der Waals surface area contributed by atoms with Crippen molar-refractivity contribution in [2.75, 3.05) is 0 Å². The molecule has 2 aromatic heterocycles. The van der Waals surface area contributed by atoms with E-state index in [4.69, 9.17) is 0 Å². The minimum absolute atomic E-state index is 0.00452. The summed E-state index contributed by atoms with van der Waals surface area (Å²) >= 11 is 1.43. The summed E-state index contributed by atoms with van der Waals surface area (Å²) in [4.78, 5) is 18.4. The molecule has 0 N–H and O–H groups in total. The Morgan fingerprint density at radius 3 is 2.83 bits per heavy atom. The van der Waals surface area contributed by atoms with Crippen molar-refractivity contribution in [3.05, 3.63) is 40.8 Å². The van der Waals surface area contributed by atoms with E-state index in [2.05, 4.69) is 14.5 Å². The van der Waals surface area contributed by atoms with Gasteiger partial charge in [-0.05, 0) is 30.7 Å². The minimum Gasteiger partial charge on any atom is -0.323 e. The summed E-state index contributed by atoms with van der Waals surface area (Å²) < 4.78 is 2.13. The SMILES string of the molecule is O=[N+]([O-])c1ccc(Sc2nccn2C2CC2)nc1. The average Bonchev–Trinajstić information content (AvgIpc) is 3.11. The molecular weight excluding hydrogens is 252 g/mol. The third-order valence-electron chi connectivity index (χ3n) is 2.70. The second-order valence-corrected chi connectivity index (χ2v) is 5.05. The summed E-state index contributed by atoms with van der Waals surface area (Å²) in [5.74, 6) is 0. The molecule has 0 spiro atoms. The van der Waals surface area contributed by atoms with Gasteiger partial charge in [-0.3, -0.25) is 10.1 Å². The van der Waals surface area contributed by atoms with Gasteiger partial charge in [-0.15, -0.1) is 0 Å². The lowest BCUT2D eigenvalue weighted by atomic mass is 10.4. The van der Waals surface area contributed by atoms with Gasteiger partial charge >= 0.3 is 0 Å². The zero-order chi connectivity index (χ0) is 12.5. The fourth-order valence-electron chi connectivity index (χ4n) is 1.64. The van der Waals surface area contributed by atoms with Crippen LogP contribution >= 0.6 is 11.8 Å². The highest BCUT2D eigenvalue weighted by Gasteiger charge is 2.25. The summed E-state index contributed by atoms with van der Waals surface area (Å²) in [5.41, 5.74) is 0.00452. The van der Waals surface area contributed by atoms with Gasteiger partial charge in [-0.25, -0.2) is 9.97 Å². The van der Waals surface area contributed by atoms with E-state index < -0.39 is 4.92 Å². The van der Waals surface area contributed by atoms with Gasteiger partial charge in [-0.2, -0.15) is 0 Å². The molecule has 0 saturated heterocycles. The zero-order valence-electron chi connectivity index (χ0n) is 9.39. The molecule has 0 unspecified atom stereocenters. The van der Waals surface area contributed by atoms with E-state index in [0.717, 1.165) is 5.16 Å². The predicted molar refractivity (Wildman–Crippen MR) is 65.5 cm³/mol. The molecule has 6 nitrogen and oxygen atoms in total. The first-order valence-electron chi connectivity index (χ1n) is 5.55. The van der Waals surface area contributed by atoms with Gasteiger partial charge in [0.2, 0.25) is 0 Å². The maximum atomic E-state index is 10.5. The van der Waals surface area contributed by atoms with Crippen molar-refractivity contribution < 1.29 is 4.92 Å². The van der Waals surface area contributed by atoms with Crippen LogP contribution in [-0.2, 0) is 0 Å². The number of aromatic nitrogens is 3. The van der Waals surface area contributed by atoms with E-state index in [1.54, 1.807) is 12.3 Å². The number of imidazole rings is 1. The van der Waals surface area contributed by atoms with Gasteiger partial charge in [0.05, 0.1) is 4.92 Å². The quantitative estimate of drug-likeness (QED) is 0.625. The van der Waals surface area contributed by atoms with Crippen molar-refractivity contribution in [3.8, 4) is 0 Å². The lowest BCUT2D eigenvalue weighted by molar-refractivity contribution is -0.385. The van der Waals surface area contributed by atoms with Gasteiger partial charge in [0, 0.05) is 24.5 Å². The van der Waals surface area contributed by atoms with Crippen LogP contribution in [0.2, 0.25) is 0 Å². The first-order chi connectivity index (χ1) is 8.74. The van der Waals surface area contributed by atoms with Crippen molar-refractivity contribution in [2.45, 2.75) is 29.1 Å². The van der Waals surface area contributed by atoms with Crippen molar-refractivity contribution in [1.82, 2.24) is 14.5 Å². The number of hydrogen-bond acceptors (Lipinski definition) is 5. The molecule has 1 aliphatic rings. The Balaban J connectivity index is 1.79. The van der Waals surface area contributed by atoms with E-state index in [1.807, 2.05) is 6.20 Å². The topological polar surface area (TPSA) is 73.8 Å². The Kier molecular flexibility index (Phi) is 2.75. The van der Waals surface area contributed by atoms with Crippen molar-refractivity contribution in [1.29, 1.82) is 0 Å². The highest BCUT2D eigenvalue weighted by Crippen LogP contribution is 2.38. The molecule has 3 rings (SSSR count). The van der Waals surface area contributed by atoms with Crippen LogP contribution in [0.5, 0.6) is 0 Å². The van der Waals surface area contributed by atoms with Crippen molar-refractivity contribution in [3.63, 3.8) is 0 Å². The zero-order valence-corrected chi connectivity index (χ0v) is 10.2. The fraction of sp³-hybridized carbons (Fsp3) is 0.273. The molecule has 0 amide bonds. The molecule has 1 saturated carbocycles. The summed E-state index contributed by atoms with van der Waals surface area (Å²) in [6, 6.07) is 3.67. The molecule has 92 valence electrons. The standard InChI is InChI=1S/C11H10N4O2S/c16-15(17)9-3-4-10(13-7-9)18-11-12-5-6-14(11)8-1-2-8/h3-8H,1-2H2. The van der Waals surface area contributed by atoms with Crippen LogP contribution in [0.3, 0.4) is 0 Å². The second-order valence-electron chi connectivity index (χ2n) is 4.06. The summed E-state index contributed by atoms with van der Waals surface area (Å²) in [5, 5.41) is 12.1. The summed E-state index contributed by atoms with van der Waals surface area (Å²) in [6.07, 6.45) is 7.39. The number of nitro groups is 1. The van der Waals surface area contributed by atoms with E-state index >= 15 is 0 Å². The molecule has 1 aliphatic carbocycles. The van der Waals surface area contributed by atoms with Gasteiger partial charge in [0.25, 0.3) is 5.69 Å². The monoisotopic (exact) mass is 262 g/mol. The molecule has 0 bridgehead atoms. The Bertz CT molecular complexity index is 577. The lowest BCUT2D eigenvalue weighted by Crippen LogP contribution is -1.95. The molecule has 2 aromatic rings. The van der Waals surface area contributed by atoms with Crippen LogP contribution in [0.1, 0.15) is 18.9 Å². The predicted octanol–water partition coefficient (Wildman–Crippen LogP) is 2.67. The maximum Gasteiger partial charge on any atom is 0.287 e. The normalized spacial score (nSPS) is 14.7. The molecule has 7 heteroatoms. The van der Waals surface area contributed by atoms with Crippen LogP contribution in [0, 0.1) is 10.1 Å². The Morgan fingerprint density at radius 2 is 2.22 bits per heavy atom. The van der Waals surface area contributed by atoms with Crippen LogP contribution in [-0.4, -0.2) is 19.5 Å². The first-order valence-corrected chi connectivity index (χ1v) is 6.37. The summed E-state index contributed by atoms with van der Waals surface area (Å²) in [6.45, 7) is 0. The van der Waals surface area contributed by atoms with Gasteiger partial charge in [0.1, 0.15) is 11.2 Å². The van der Waals surface area contributed by atoms with Gasteiger partial charge in [0.15, 0.2) is 5.16 Å². The van der Waals surface area contributed by atoms with Crippen LogP contribution in [0.15, 0.2) is 40.9 Å². The molecule has 18 heavy (non-hydrogen) atoms. The van der Waals surface area contributed by atoms with E-state index in [0.29, 0.717) is 11.1 Å². The number of nitrogens with zero attached hydrogens (tertiary/aromatic N) is 4. The summed E-state index contributed by atoms with van der Waals surface area (Å²) in [7, 11) is 0. The number of rotatable bonds is 4. The number of hydrogen-bond donors (Lipinski definition) is 0. The largest absolute Gasteiger partial charge is 0.323 e. The van der Waals surface area contributed by atoms with Gasteiger partial charge < -0.3 is 4.57 Å². The maximum absolute atomic E-state index is 10.5. The molecule has 0 atom stereocenters. The van der Waals surface area contributed by atoms with Gasteiger partial charge in [-0.1, -0.05) is 0 Å². The van der Waals surface area contributed by atoms with E-state index in [1.165, 1.54) is 36.9 Å². The van der Waals surface area contributed by atoms with Crippen LogP contribution in [0.4, 0.5) is 5.69 Å². The van der Waals surface area contributed by atoms with Crippen molar-refractivity contribution in [2.24, 2.45) is 0 Å². The minimum atomic E-state index is -0.452. The third kappa shape index (κ3) is 2.21. The molecular formula is C11H10N4O2S. The molecule has 0 radical (unpaired) electrons.